The van der Waals surface area contributed by atoms with Gasteiger partial charge in [0.1, 0.15) is 0 Å². The molecule has 2 saturated carbocycles. The van der Waals surface area contributed by atoms with Gasteiger partial charge in [-0.25, -0.2) is 0 Å². The Morgan fingerprint density at radius 2 is 2.03 bits per heavy atom. The van der Waals surface area contributed by atoms with Gasteiger partial charge < -0.3 is 4.74 Å². The van der Waals surface area contributed by atoms with E-state index in [-0.39, 0.29) is 34.9 Å². The average Bonchev–Trinajstić information content (AvgIpc) is 2.88. The van der Waals surface area contributed by atoms with Crippen LogP contribution in [0.3, 0.4) is 0 Å². The van der Waals surface area contributed by atoms with Gasteiger partial charge in [-0.1, -0.05) is 53.1 Å². The summed E-state index contributed by atoms with van der Waals surface area (Å²) in [6.07, 6.45) is 11.6. The maximum Gasteiger partial charge on any atom is 0.303 e. The summed E-state index contributed by atoms with van der Waals surface area (Å²) in [7, 11) is 0. The Bertz CT molecular complexity index is 883. The van der Waals surface area contributed by atoms with Crippen LogP contribution < -0.4 is 0 Å². The predicted octanol–water partition coefficient (Wildman–Crippen LogP) is 4.73. The zero-order valence-corrected chi connectivity index (χ0v) is 19.2. The van der Waals surface area contributed by atoms with Crippen LogP contribution in [0.15, 0.2) is 35.5 Å². The largest absolute Gasteiger partial charge is 0.458 e. The van der Waals surface area contributed by atoms with E-state index >= 15 is 0 Å². The lowest BCUT2D eigenvalue weighted by atomic mass is 9.52. The molecule has 6 atom stereocenters. The highest BCUT2D eigenvalue weighted by atomic mass is 79.9. The zero-order valence-electron chi connectivity index (χ0n) is 17.6. The number of fused-ring (bicyclic) bond motifs is 5. The molecule has 4 aliphatic carbocycles. The third-order valence-corrected chi connectivity index (χ3v) is 10.4. The second kappa shape index (κ2) is 6.76. The molecule has 4 nitrogen and oxygen atoms in total. The van der Waals surface area contributed by atoms with Crippen LogP contribution in [-0.2, 0) is 19.1 Å². The van der Waals surface area contributed by atoms with Crippen LogP contribution in [0.2, 0.25) is 0 Å². The van der Waals surface area contributed by atoms with Crippen LogP contribution in [0.5, 0.6) is 0 Å². The van der Waals surface area contributed by atoms with E-state index in [0.29, 0.717) is 11.8 Å². The van der Waals surface area contributed by atoms with Gasteiger partial charge in [-0.05, 0) is 67.9 Å². The minimum absolute atomic E-state index is 0.0344. The molecule has 0 heterocycles. The van der Waals surface area contributed by atoms with Crippen molar-refractivity contribution in [3.05, 3.63) is 35.5 Å². The van der Waals surface area contributed by atoms with Crippen molar-refractivity contribution < 1.29 is 19.1 Å². The lowest BCUT2D eigenvalue weighted by Gasteiger charge is -2.53. The summed E-state index contributed by atoms with van der Waals surface area (Å²) in [5.74, 6) is 0.557. The summed E-state index contributed by atoms with van der Waals surface area (Å²) in [5.41, 5.74) is 2.22. The van der Waals surface area contributed by atoms with Crippen LogP contribution in [0.1, 0.15) is 53.4 Å². The number of Topliss-reactive ketones (excluding diaryl/α,β-unsaturated/α-hetero) is 1. The molecule has 29 heavy (non-hydrogen) atoms. The van der Waals surface area contributed by atoms with E-state index in [1.165, 1.54) is 18.1 Å². The highest BCUT2D eigenvalue weighted by molar-refractivity contribution is 9.10. The standard InChI is InChI=1S/C24H29BrO4/c1-14-11-20-18-6-5-16-12-17(27)7-9-22(16,3)19(18)8-10-23(20,4)24(14,25)21(28)13-29-15(2)26/h7-9,12,14,18,20H,5-6,10-11,13H2,1-4H3/t14-,18-,20+,22+,23+,24+/m1/s1. The first-order valence-corrected chi connectivity index (χ1v) is 11.3. The second-order valence-corrected chi connectivity index (χ2v) is 10.9. The number of hydrogen-bond donors (Lipinski definition) is 0. The number of hydrogen-bond acceptors (Lipinski definition) is 4. The van der Waals surface area contributed by atoms with Gasteiger partial charge in [0.25, 0.3) is 0 Å². The van der Waals surface area contributed by atoms with Crippen LogP contribution in [0, 0.1) is 28.6 Å². The zero-order chi connectivity index (χ0) is 21.2. The molecular weight excluding hydrogens is 432 g/mol. The molecule has 0 aromatic carbocycles. The van der Waals surface area contributed by atoms with Crippen molar-refractivity contribution in [3.63, 3.8) is 0 Å². The van der Waals surface area contributed by atoms with Crippen molar-refractivity contribution in [1.29, 1.82) is 0 Å². The average molecular weight is 461 g/mol. The molecule has 0 aromatic rings. The highest BCUT2D eigenvalue weighted by Crippen LogP contribution is 2.68. The van der Waals surface area contributed by atoms with Crippen LogP contribution in [0.4, 0.5) is 0 Å². The van der Waals surface area contributed by atoms with E-state index in [9.17, 15) is 14.4 Å². The third-order valence-electron chi connectivity index (χ3n) is 8.27. The first-order valence-electron chi connectivity index (χ1n) is 10.5. The minimum atomic E-state index is -0.697. The van der Waals surface area contributed by atoms with Gasteiger partial charge in [0.2, 0.25) is 0 Å². The fraction of sp³-hybridized carbons (Fsp3) is 0.625. The number of carbonyl (C=O) groups excluding carboxylic acids is 3. The number of alkyl halides is 1. The summed E-state index contributed by atoms with van der Waals surface area (Å²) in [5, 5.41) is 0. The van der Waals surface area contributed by atoms with Crippen molar-refractivity contribution >= 4 is 33.5 Å². The lowest BCUT2D eigenvalue weighted by molar-refractivity contribution is -0.147. The highest BCUT2D eigenvalue weighted by Gasteiger charge is 2.66. The van der Waals surface area contributed by atoms with E-state index in [1.54, 1.807) is 6.08 Å². The Morgan fingerprint density at radius 1 is 1.31 bits per heavy atom. The summed E-state index contributed by atoms with van der Waals surface area (Å²) in [6.45, 7) is 7.75. The lowest BCUT2D eigenvalue weighted by Crippen LogP contribution is -2.53. The Kier molecular flexibility index (Phi) is 4.84. The molecule has 0 aromatic heterocycles. The van der Waals surface area contributed by atoms with Crippen molar-refractivity contribution in [1.82, 2.24) is 0 Å². The topological polar surface area (TPSA) is 60.4 Å². The monoisotopic (exact) mass is 460 g/mol. The Balaban J connectivity index is 1.71. The molecule has 0 radical (unpaired) electrons. The van der Waals surface area contributed by atoms with Crippen LogP contribution in [0.25, 0.3) is 0 Å². The van der Waals surface area contributed by atoms with Gasteiger partial charge >= 0.3 is 5.97 Å². The first kappa shape index (κ1) is 20.8. The van der Waals surface area contributed by atoms with Crippen LogP contribution in [-0.4, -0.2) is 28.5 Å². The number of allylic oxidation sites excluding steroid dienone is 6. The number of ketones is 2. The maximum absolute atomic E-state index is 13.2. The molecule has 0 unspecified atom stereocenters. The second-order valence-electron chi connectivity index (χ2n) is 9.69. The molecule has 0 saturated heterocycles. The van der Waals surface area contributed by atoms with Crippen LogP contribution >= 0.6 is 15.9 Å². The Morgan fingerprint density at radius 3 is 2.72 bits per heavy atom. The number of ether oxygens (including phenoxy) is 1. The molecule has 0 amide bonds. The fourth-order valence-corrected chi connectivity index (χ4v) is 7.46. The molecule has 0 aliphatic heterocycles. The van der Waals surface area contributed by atoms with Gasteiger partial charge in [0.05, 0.1) is 4.32 Å². The molecule has 0 N–H and O–H groups in total. The van der Waals surface area contributed by atoms with E-state index in [1.807, 2.05) is 6.08 Å². The number of carbonyl (C=O) groups is 3. The SMILES string of the molecule is CC(=O)OCC(=O)[C@@]1(Br)[C@H](C)C[C@H]2[C@@H]3CCC4=CC(=O)C=C[C@]4(C)C3=CC[C@@]21C. The number of rotatable bonds is 3. The van der Waals surface area contributed by atoms with Crippen molar-refractivity contribution in [2.45, 2.75) is 57.7 Å². The first-order chi connectivity index (χ1) is 13.5. The molecular formula is C24H29BrO4. The van der Waals surface area contributed by atoms with E-state index in [4.69, 9.17) is 4.74 Å². The van der Waals surface area contributed by atoms with Gasteiger partial charge in [0.15, 0.2) is 18.2 Å². The molecule has 156 valence electrons. The molecule has 5 heteroatoms. The molecule has 0 bridgehead atoms. The quantitative estimate of drug-likeness (QED) is 0.347. The molecule has 4 rings (SSSR count). The molecule has 4 aliphatic rings. The molecule has 2 fully saturated rings. The normalized spacial score (nSPS) is 42.9. The van der Waals surface area contributed by atoms with Gasteiger partial charge in [-0.15, -0.1) is 0 Å². The predicted molar refractivity (Wildman–Crippen MR) is 114 cm³/mol. The number of halogens is 1. The van der Waals surface area contributed by atoms with Crippen molar-refractivity contribution in [3.8, 4) is 0 Å². The van der Waals surface area contributed by atoms with Gasteiger partial charge in [-0.3, -0.25) is 14.4 Å². The van der Waals surface area contributed by atoms with Crippen molar-refractivity contribution in [2.24, 2.45) is 28.6 Å². The van der Waals surface area contributed by atoms with E-state index in [2.05, 4.69) is 48.9 Å². The smallest absolute Gasteiger partial charge is 0.303 e. The Hall–Kier alpha value is -1.49. The maximum atomic E-state index is 13.2. The number of esters is 1. The van der Waals surface area contributed by atoms with Gasteiger partial charge in [0, 0.05) is 12.3 Å². The summed E-state index contributed by atoms with van der Waals surface area (Å²) in [4.78, 5) is 36.4. The molecule has 0 spiro atoms. The Labute approximate surface area is 181 Å². The van der Waals surface area contributed by atoms with E-state index in [0.717, 1.165) is 25.7 Å². The van der Waals surface area contributed by atoms with Gasteiger partial charge in [-0.2, -0.15) is 0 Å². The summed E-state index contributed by atoms with van der Waals surface area (Å²) < 4.78 is 4.38. The van der Waals surface area contributed by atoms with Crippen molar-refractivity contribution in [2.75, 3.05) is 6.61 Å². The third kappa shape index (κ3) is 2.79. The van der Waals surface area contributed by atoms with E-state index < -0.39 is 10.3 Å². The summed E-state index contributed by atoms with van der Waals surface area (Å²) in [6, 6.07) is 0. The minimum Gasteiger partial charge on any atom is -0.458 e. The summed E-state index contributed by atoms with van der Waals surface area (Å²) >= 11 is 3.89. The fourth-order valence-electron chi connectivity index (χ4n) is 6.70.